The molecule has 1 saturated heterocycles. The first-order chi connectivity index (χ1) is 14.0. The third kappa shape index (κ3) is 5.43. The molecule has 0 bridgehead atoms. The third-order valence-electron chi connectivity index (χ3n) is 5.73. The van der Waals surface area contributed by atoms with E-state index in [0.717, 1.165) is 37.2 Å². The number of anilines is 1. The number of piperidine rings is 1. The number of ether oxygens (including phenoxy) is 2. The number of aryl methyl sites for hydroxylation is 3. The predicted molar refractivity (Wildman–Crippen MR) is 117 cm³/mol. The smallest absolute Gasteiger partial charge is 0.222 e. The first kappa shape index (κ1) is 21.0. The number of nitrogens with zero attached hydrogens (tertiary/aromatic N) is 1. The average molecular weight is 397 g/mol. The van der Waals surface area contributed by atoms with Crippen LogP contribution in [0.3, 0.4) is 0 Å². The first-order valence-corrected chi connectivity index (χ1v) is 10.3. The first-order valence-electron chi connectivity index (χ1n) is 10.3. The van der Waals surface area contributed by atoms with Crippen LogP contribution in [0.2, 0.25) is 0 Å². The minimum absolute atomic E-state index is 0.214. The van der Waals surface area contributed by atoms with Crippen molar-refractivity contribution in [2.75, 3.05) is 32.6 Å². The van der Waals surface area contributed by atoms with Crippen LogP contribution >= 0.6 is 0 Å². The Hall–Kier alpha value is -2.69. The monoisotopic (exact) mass is 396 g/mol. The SMILES string of the molecule is COc1ccc(CCC(=O)N2CCC[C@@H](Nc3ccc(C)c(C)c3)C2)cc1OC. The molecule has 0 aliphatic carbocycles. The predicted octanol–water partition coefficient (Wildman–Crippen LogP) is 4.36. The summed E-state index contributed by atoms with van der Waals surface area (Å²) in [6, 6.07) is 12.6. The molecule has 1 aliphatic rings. The summed E-state index contributed by atoms with van der Waals surface area (Å²) in [7, 11) is 3.25. The molecule has 2 aromatic rings. The number of methoxy groups -OCH3 is 2. The van der Waals surface area contributed by atoms with Gasteiger partial charge in [0.1, 0.15) is 0 Å². The van der Waals surface area contributed by atoms with Gasteiger partial charge in [-0.3, -0.25) is 4.79 Å². The summed E-state index contributed by atoms with van der Waals surface area (Å²) < 4.78 is 10.6. The topological polar surface area (TPSA) is 50.8 Å². The molecule has 1 N–H and O–H groups in total. The summed E-state index contributed by atoms with van der Waals surface area (Å²) in [5.41, 5.74) is 4.80. The number of hydrogen-bond donors (Lipinski definition) is 1. The third-order valence-corrected chi connectivity index (χ3v) is 5.73. The lowest BCUT2D eigenvalue weighted by Gasteiger charge is -2.34. The van der Waals surface area contributed by atoms with Crippen molar-refractivity contribution in [2.45, 2.75) is 45.6 Å². The highest BCUT2D eigenvalue weighted by atomic mass is 16.5. The molecule has 0 saturated carbocycles. The Labute approximate surface area is 174 Å². The Balaban J connectivity index is 1.54. The van der Waals surface area contributed by atoms with Crippen molar-refractivity contribution in [1.82, 2.24) is 4.90 Å². The minimum Gasteiger partial charge on any atom is -0.493 e. The van der Waals surface area contributed by atoms with Crippen LogP contribution in [0, 0.1) is 13.8 Å². The van der Waals surface area contributed by atoms with Crippen LogP contribution in [-0.4, -0.2) is 44.2 Å². The van der Waals surface area contributed by atoms with Crippen molar-refractivity contribution < 1.29 is 14.3 Å². The molecule has 5 heteroatoms. The number of nitrogens with one attached hydrogen (secondary N) is 1. The second-order valence-corrected chi connectivity index (χ2v) is 7.81. The van der Waals surface area contributed by atoms with Crippen LogP contribution in [0.4, 0.5) is 5.69 Å². The van der Waals surface area contributed by atoms with E-state index < -0.39 is 0 Å². The zero-order valence-electron chi connectivity index (χ0n) is 18.0. The molecule has 0 radical (unpaired) electrons. The summed E-state index contributed by atoms with van der Waals surface area (Å²) in [6.45, 7) is 5.86. The molecule has 3 rings (SSSR count). The van der Waals surface area contributed by atoms with Crippen LogP contribution < -0.4 is 14.8 Å². The molecule has 29 heavy (non-hydrogen) atoms. The Kier molecular flexibility index (Phi) is 7.02. The number of rotatable bonds is 7. The summed E-state index contributed by atoms with van der Waals surface area (Å²) in [6.07, 6.45) is 3.33. The van der Waals surface area contributed by atoms with E-state index in [-0.39, 0.29) is 5.91 Å². The highest BCUT2D eigenvalue weighted by Gasteiger charge is 2.23. The Morgan fingerprint density at radius 2 is 1.86 bits per heavy atom. The maximum absolute atomic E-state index is 12.8. The van der Waals surface area contributed by atoms with Crippen LogP contribution in [0.25, 0.3) is 0 Å². The Morgan fingerprint density at radius 3 is 2.59 bits per heavy atom. The van der Waals surface area contributed by atoms with Crippen LogP contribution in [0.1, 0.15) is 36.0 Å². The van der Waals surface area contributed by atoms with E-state index >= 15 is 0 Å². The lowest BCUT2D eigenvalue weighted by Crippen LogP contribution is -2.45. The van der Waals surface area contributed by atoms with Crippen LogP contribution in [0.15, 0.2) is 36.4 Å². The molecule has 0 aromatic heterocycles. The maximum atomic E-state index is 12.8. The van der Waals surface area contributed by atoms with Gasteiger partial charge in [0.25, 0.3) is 0 Å². The summed E-state index contributed by atoms with van der Waals surface area (Å²) >= 11 is 0. The fraction of sp³-hybridized carbons (Fsp3) is 0.458. The summed E-state index contributed by atoms with van der Waals surface area (Å²) in [4.78, 5) is 14.8. The van der Waals surface area contributed by atoms with Gasteiger partial charge in [-0.05, 0) is 74.1 Å². The van der Waals surface area contributed by atoms with Gasteiger partial charge in [-0.25, -0.2) is 0 Å². The lowest BCUT2D eigenvalue weighted by molar-refractivity contribution is -0.132. The number of carbonyl (C=O) groups excluding carboxylic acids is 1. The van der Waals surface area contributed by atoms with Crippen molar-refractivity contribution in [3.63, 3.8) is 0 Å². The van der Waals surface area contributed by atoms with Gasteiger partial charge in [-0.15, -0.1) is 0 Å². The lowest BCUT2D eigenvalue weighted by atomic mass is 10.0. The van der Waals surface area contributed by atoms with Crippen molar-refractivity contribution >= 4 is 11.6 Å². The fourth-order valence-electron chi connectivity index (χ4n) is 3.83. The van der Waals surface area contributed by atoms with E-state index in [4.69, 9.17) is 9.47 Å². The summed E-state index contributed by atoms with van der Waals surface area (Å²) in [5.74, 6) is 1.62. The quantitative estimate of drug-likeness (QED) is 0.756. The molecule has 1 heterocycles. The van der Waals surface area contributed by atoms with Crippen molar-refractivity contribution in [1.29, 1.82) is 0 Å². The van der Waals surface area contributed by atoms with Gasteiger partial charge in [-0.2, -0.15) is 0 Å². The molecular formula is C24H32N2O3. The van der Waals surface area contributed by atoms with Gasteiger partial charge in [0.05, 0.1) is 14.2 Å². The van der Waals surface area contributed by atoms with E-state index in [0.29, 0.717) is 30.4 Å². The Morgan fingerprint density at radius 1 is 1.07 bits per heavy atom. The molecular weight excluding hydrogens is 364 g/mol. The van der Waals surface area contributed by atoms with Crippen molar-refractivity contribution in [3.8, 4) is 11.5 Å². The van der Waals surface area contributed by atoms with Gasteiger partial charge >= 0.3 is 0 Å². The van der Waals surface area contributed by atoms with E-state index in [1.807, 2.05) is 23.1 Å². The van der Waals surface area contributed by atoms with Crippen LogP contribution in [0.5, 0.6) is 11.5 Å². The molecule has 5 nitrogen and oxygen atoms in total. The van der Waals surface area contributed by atoms with Crippen LogP contribution in [-0.2, 0) is 11.2 Å². The fourth-order valence-corrected chi connectivity index (χ4v) is 3.83. The number of benzene rings is 2. The van der Waals surface area contributed by atoms with Gasteiger partial charge in [0, 0.05) is 31.2 Å². The minimum atomic E-state index is 0.214. The second-order valence-electron chi connectivity index (χ2n) is 7.81. The van der Waals surface area contributed by atoms with Gasteiger partial charge in [0.2, 0.25) is 5.91 Å². The van der Waals surface area contributed by atoms with E-state index in [9.17, 15) is 4.79 Å². The highest BCUT2D eigenvalue weighted by molar-refractivity contribution is 5.76. The highest BCUT2D eigenvalue weighted by Crippen LogP contribution is 2.28. The number of carbonyl (C=O) groups is 1. The normalized spacial score (nSPS) is 16.4. The molecule has 156 valence electrons. The number of likely N-dealkylation sites (tertiary alicyclic amines) is 1. The molecule has 0 spiro atoms. The molecule has 2 aromatic carbocycles. The zero-order valence-corrected chi connectivity index (χ0v) is 18.0. The van der Waals surface area contributed by atoms with Gasteiger partial charge < -0.3 is 19.7 Å². The van der Waals surface area contributed by atoms with E-state index in [1.54, 1.807) is 14.2 Å². The van der Waals surface area contributed by atoms with Crippen molar-refractivity contribution in [3.05, 3.63) is 53.1 Å². The van der Waals surface area contributed by atoms with Gasteiger partial charge in [0.15, 0.2) is 11.5 Å². The van der Waals surface area contributed by atoms with Crippen molar-refractivity contribution in [2.24, 2.45) is 0 Å². The molecule has 1 aliphatic heterocycles. The van der Waals surface area contributed by atoms with Gasteiger partial charge in [-0.1, -0.05) is 12.1 Å². The maximum Gasteiger partial charge on any atom is 0.222 e. The molecule has 0 unspecified atom stereocenters. The zero-order chi connectivity index (χ0) is 20.8. The molecule has 1 fully saturated rings. The summed E-state index contributed by atoms with van der Waals surface area (Å²) in [5, 5.41) is 3.61. The molecule has 1 amide bonds. The van der Waals surface area contributed by atoms with E-state index in [1.165, 1.54) is 11.1 Å². The molecule has 1 atom stereocenters. The number of hydrogen-bond acceptors (Lipinski definition) is 4. The largest absolute Gasteiger partial charge is 0.493 e. The number of amides is 1. The second kappa shape index (κ2) is 9.68. The Bertz CT molecular complexity index is 850. The standard InChI is InChI=1S/C24H32N2O3/c1-17-7-10-20(14-18(17)2)25-21-6-5-13-26(16-21)24(27)12-9-19-8-11-22(28-3)23(15-19)29-4/h7-8,10-11,14-15,21,25H,5-6,9,12-13,16H2,1-4H3/t21-/m1/s1. The van der Waals surface area contributed by atoms with E-state index in [2.05, 4.69) is 37.4 Å². The average Bonchev–Trinajstić information content (AvgIpc) is 2.74.